The number of methoxy groups -OCH3 is 1. The van der Waals surface area contributed by atoms with Gasteiger partial charge in [0.1, 0.15) is 17.4 Å². The fourth-order valence-corrected chi connectivity index (χ4v) is 4.28. The van der Waals surface area contributed by atoms with Gasteiger partial charge >= 0.3 is 0 Å². The first-order valence-corrected chi connectivity index (χ1v) is 11.5. The van der Waals surface area contributed by atoms with Gasteiger partial charge in [-0.05, 0) is 67.3 Å². The monoisotopic (exact) mass is 466 g/mol. The minimum atomic E-state index is -0.331. The van der Waals surface area contributed by atoms with Gasteiger partial charge in [0, 0.05) is 50.0 Å². The van der Waals surface area contributed by atoms with Crippen LogP contribution in [0.5, 0.6) is 5.75 Å². The molecule has 3 rings (SSSR count). The van der Waals surface area contributed by atoms with Crippen molar-refractivity contribution in [3.8, 4) is 11.8 Å². The minimum Gasteiger partial charge on any atom is -0.496 e. The third-order valence-electron chi connectivity index (χ3n) is 5.88. The zero-order valence-electron chi connectivity index (χ0n) is 19.5. The summed E-state index contributed by atoms with van der Waals surface area (Å²) in [6.07, 6.45) is 3.73. The van der Waals surface area contributed by atoms with Crippen LogP contribution in [0.4, 0.5) is 5.69 Å². The number of hydrogen-bond acceptors (Lipinski definition) is 5. The largest absolute Gasteiger partial charge is 0.496 e. The third kappa shape index (κ3) is 6.98. The molecule has 1 unspecified atom stereocenters. The predicted molar refractivity (Wildman–Crippen MR) is 133 cm³/mol. The van der Waals surface area contributed by atoms with Crippen molar-refractivity contribution in [1.29, 1.82) is 5.26 Å². The van der Waals surface area contributed by atoms with Gasteiger partial charge in [-0.15, -0.1) is 0 Å². The van der Waals surface area contributed by atoms with Gasteiger partial charge in [0.25, 0.3) is 5.91 Å². The fourth-order valence-electron chi connectivity index (χ4n) is 4.09. The first-order valence-electron chi connectivity index (χ1n) is 11.1. The van der Waals surface area contributed by atoms with Crippen molar-refractivity contribution in [3.63, 3.8) is 0 Å². The third-order valence-corrected chi connectivity index (χ3v) is 6.11. The summed E-state index contributed by atoms with van der Waals surface area (Å²) >= 11 is 6.17. The van der Waals surface area contributed by atoms with E-state index in [9.17, 15) is 10.1 Å². The Hall–Kier alpha value is -3.01. The molecule has 1 aliphatic heterocycles. The molecule has 0 saturated carbocycles. The number of halogens is 1. The molecule has 2 aromatic rings. The first-order chi connectivity index (χ1) is 15.9. The molecule has 174 valence electrons. The summed E-state index contributed by atoms with van der Waals surface area (Å²) in [5.41, 5.74) is 3.06. The van der Waals surface area contributed by atoms with Crippen LogP contribution in [-0.4, -0.2) is 51.6 Å². The summed E-state index contributed by atoms with van der Waals surface area (Å²) in [5.74, 6) is 0.826. The highest BCUT2D eigenvalue weighted by Gasteiger charge is 2.22. The molecule has 1 N–H and O–H groups in total. The maximum absolute atomic E-state index is 12.6. The van der Waals surface area contributed by atoms with Crippen LogP contribution in [0.15, 0.2) is 48.0 Å². The maximum atomic E-state index is 12.6. The number of likely N-dealkylation sites (tertiary alicyclic amines) is 1. The number of nitrogens with zero attached hydrogens (tertiary/aromatic N) is 3. The van der Waals surface area contributed by atoms with Crippen LogP contribution in [0.1, 0.15) is 24.0 Å². The van der Waals surface area contributed by atoms with E-state index >= 15 is 0 Å². The summed E-state index contributed by atoms with van der Waals surface area (Å²) in [4.78, 5) is 17.0. The molecule has 1 fully saturated rings. The summed E-state index contributed by atoms with van der Waals surface area (Å²) in [5, 5.41) is 13.1. The summed E-state index contributed by atoms with van der Waals surface area (Å²) < 4.78 is 5.47. The number of anilines is 1. The molecule has 0 radical (unpaired) electrons. The number of nitrogens with one attached hydrogen (secondary N) is 1. The Balaban J connectivity index is 1.56. The topological polar surface area (TPSA) is 68.6 Å². The van der Waals surface area contributed by atoms with Crippen LogP contribution in [0.25, 0.3) is 6.08 Å². The Morgan fingerprint density at radius 3 is 2.73 bits per heavy atom. The Kier molecular flexibility index (Phi) is 8.76. The number of hydrogen-bond donors (Lipinski definition) is 1. The van der Waals surface area contributed by atoms with Crippen molar-refractivity contribution in [3.05, 3.63) is 64.2 Å². The van der Waals surface area contributed by atoms with E-state index in [1.807, 2.05) is 67.5 Å². The molecule has 1 atom stereocenters. The lowest BCUT2D eigenvalue weighted by Gasteiger charge is -2.33. The second kappa shape index (κ2) is 11.7. The molecule has 0 spiro atoms. The highest BCUT2D eigenvalue weighted by Crippen LogP contribution is 2.26. The lowest BCUT2D eigenvalue weighted by Crippen LogP contribution is -2.40. The molecule has 2 aromatic carbocycles. The van der Waals surface area contributed by atoms with Crippen molar-refractivity contribution in [1.82, 2.24) is 10.2 Å². The van der Waals surface area contributed by atoms with Crippen LogP contribution in [0, 0.1) is 17.2 Å². The van der Waals surface area contributed by atoms with E-state index in [0.717, 1.165) is 55.0 Å². The zero-order valence-corrected chi connectivity index (χ0v) is 20.2. The van der Waals surface area contributed by atoms with Gasteiger partial charge in [0.05, 0.1) is 7.11 Å². The number of carbonyl (C=O) groups is 1. The van der Waals surface area contributed by atoms with Crippen molar-refractivity contribution >= 4 is 29.3 Å². The van der Waals surface area contributed by atoms with Gasteiger partial charge in [-0.2, -0.15) is 5.26 Å². The molecule has 0 aliphatic carbocycles. The summed E-state index contributed by atoms with van der Waals surface area (Å²) in [6, 6.07) is 15.4. The molecule has 7 heteroatoms. The average Bonchev–Trinajstić information content (AvgIpc) is 2.81. The van der Waals surface area contributed by atoms with E-state index in [1.165, 1.54) is 0 Å². The quantitative estimate of drug-likeness (QED) is 0.462. The first kappa shape index (κ1) is 24.6. The molecule has 33 heavy (non-hydrogen) atoms. The number of benzene rings is 2. The van der Waals surface area contributed by atoms with E-state index in [1.54, 1.807) is 13.2 Å². The standard InChI is InChI=1S/C26H31ClN4O2/c1-30(2)24-9-6-19(7-10-24)13-21(15-28)26(32)29-16-20-5-4-12-31(17-20)18-22-14-23(27)8-11-25(22)33-3/h6-11,13-14,20H,4-5,12,16-18H2,1-3H3,(H,29,32)/b21-13+. The van der Waals surface area contributed by atoms with E-state index in [-0.39, 0.29) is 11.5 Å². The predicted octanol–water partition coefficient (Wildman–Crippen LogP) is 4.35. The van der Waals surface area contributed by atoms with Crippen LogP contribution < -0.4 is 15.0 Å². The smallest absolute Gasteiger partial charge is 0.261 e. The molecular weight excluding hydrogens is 436 g/mol. The summed E-state index contributed by atoms with van der Waals surface area (Å²) in [7, 11) is 5.60. The molecule has 1 heterocycles. The van der Waals surface area contributed by atoms with E-state index in [2.05, 4.69) is 10.2 Å². The molecule has 1 amide bonds. The summed E-state index contributed by atoms with van der Waals surface area (Å²) in [6.45, 7) is 3.15. The highest BCUT2D eigenvalue weighted by atomic mass is 35.5. The Morgan fingerprint density at radius 1 is 1.30 bits per heavy atom. The van der Waals surface area contributed by atoms with Crippen molar-refractivity contribution in [2.75, 3.05) is 45.7 Å². The Bertz CT molecular complexity index is 1030. The molecule has 0 aromatic heterocycles. The van der Waals surface area contributed by atoms with Gasteiger partial charge in [-0.25, -0.2) is 0 Å². The number of rotatable bonds is 8. The van der Waals surface area contributed by atoms with Crippen LogP contribution >= 0.6 is 11.6 Å². The van der Waals surface area contributed by atoms with Gasteiger partial charge in [0.15, 0.2) is 0 Å². The normalized spacial score (nSPS) is 16.7. The Labute approximate surface area is 201 Å². The van der Waals surface area contributed by atoms with E-state index in [4.69, 9.17) is 16.3 Å². The molecule has 1 aliphatic rings. The molecule has 1 saturated heterocycles. The lowest BCUT2D eigenvalue weighted by molar-refractivity contribution is -0.117. The van der Waals surface area contributed by atoms with Crippen molar-refractivity contribution in [2.24, 2.45) is 5.92 Å². The lowest BCUT2D eigenvalue weighted by atomic mass is 9.97. The van der Waals surface area contributed by atoms with Crippen LogP contribution in [0.3, 0.4) is 0 Å². The SMILES string of the molecule is COc1ccc(Cl)cc1CN1CCCC(CNC(=O)/C(C#N)=C/c2ccc(N(C)C)cc2)C1. The molecular formula is C26H31ClN4O2. The van der Waals surface area contributed by atoms with Crippen LogP contribution in [-0.2, 0) is 11.3 Å². The zero-order chi connectivity index (χ0) is 23.8. The maximum Gasteiger partial charge on any atom is 0.261 e. The minimum absolute atomic E-state index is 0.115. The van der Waals surface area contributed by atoms with Crippen LogP contribution in [0.2, 0.25) is 5.02 Å². The second-order valence-electron chi connectivity index (χ2n) is 8.57. The van der Waals surface area contributed by atoms with Crippen molar-refractivity contribution < 1.29 is 9.53 Å². The second-order valence-corrected chi connectivity index (χ2v) is 9.00. The number of ether oxygens (including phenoxy) is 1. The number of carbonyl (C=O) groups excluding carboxylic acids is 1. The van der Waals surface area contributed by atoms with Crippen molar-refractivity contribution in [2.45, 2.75) is 19.4 Å². The molecule has 0 bridgehead atoms. The van der Waals surface area contributed by atoms with E-state index in [0.29, 0.717) is 17.5 Å². The van der Waals surface area contributed by atoms with Gasteiger partial charge in [-0.3, -0.25) is 9.69 Å². The average molecular weight is 467 g/mol. The molecule has 6 nitrogen and oxygen atoms in total. The fraction of sp³-hybridized carbons (Fsp3) is 0.385. The number of piperidine rings is 1. The van der Waals surface area contributed by atoms with Gasteiger partial charge < -0.3 is 15.0 Å². The number of amides is 1. The Morgan fingerprint density at radius 2 is 2.06 bits per heavy atom. The highest BCUT2D eigenvalue weighted by molar-refractivity contribution is 6.30. The number of nitriles is 1. The van der Waals surface area contributed by atoms with Gasteiger partial charge in [0.2, 0.25) is 0 Å². The van der Waals surface area contributed by atoms with E-state index < -0.39 is 0 Å². The van der Waals surface area contributed by atoms with Gasteiger partial charge in [-0.1, -0.05) is 23.7 Å².